The molecule has 202 valence electrons. The predicted octanol–water partition coefficient (Wildman–Crippen LogP) is 4.48. The average molecular weight is 545 g/mol. The van der Waals surface area contributed by atoms with Gasteiger partial charge in [0, 0.05) is 18.2 Å². The van der Waals surface area contributed by atoms with E-state index in [0.717, 1.165) is 22.4 Å². The molecule has 1 fully saturated rings. The third kappa shape index (κ3) is 5.32. The zero-order valence-electron chi connectivity index (χ0n) is 21.9. The first kappa shape index (κ1) is 27.0. The lowest BCUT2D eigenvalue weighted by Crippen LogP contribution is -2.36. The van der Waals surface area contributed by atoms with Gasteiger partial charge in [0.05, 0.1) is 30.4 Å². The second kappa shape index (κ2) is 11.7. The summed E-state index contributed by atoms with van der Waals surface area (Å²) in [5.41, 5.74) is 1.61. The number of aromatic nitrogens is 2. The second-order valence-electron chi connectivity index (χ2n) is 9.56. The van der Waals surface area contributed by atoms with Crippen molar-refractivity contribution < 1.29 is 14.6 Å². The summed E-state index contributed by atoms with van der Waals surface area (Å²) in [6.07, 6.45) is 1.81. The number of aliphatic hydroxyl groups is 1. The minimum Gasteiger partial charge on any atom is -0.497 e. The Morgan fingerprint density at radius 2 is 1.54 bits per heavy atom. The minimum absolute atomic E-state index is 0.233. The van der Waals surface area contributed by atoms with Gasteiger partial charge in [-0.3, -0.25) is 14.3 Å². The van der Waals surface area contributed by atoms with Crippen LogP contribution in [0.25, 0.3) is 0 Å². The van der Waals surface area contributed by atoms with Crippen LogP contribution in [0.15, 0.2) is 101 Å². The normalized spacial score (nSPS) is 19.2. The van der Waals surface area contributed by atoms with Gasteiger partial charge in [-0.2, -0.15) is 0 Å². The Morgan fingerprint density at radius 1 is 0.949 bits per heavy atom. The number of H-pyrrole nitrogens is 1. The van der Waals surface area contributed by atoms with Crippen LogP contribution in [0.5, 0.6) is 5.75 Å². The first-order chi connectivity index (χ1) is 19.0. The van der Waals surface area contributed by atoms with Gasteiger partial charge < -0.3 is 14.6 Å². The first-order valence-electron chi connectivity index (χ1n) is 13.0. The fourth-order valence-corrected chi connectivity index (χ4v) is 6.60. The number of nitrogens with one attached hydrogen (secondary N) is 1. The lowest BCUT2D eigenvalue weighted by molar-refractivity contribution is -0.000664. The van der Waals surface area contributed by atoms with Crippen molar-refractivity contribution in [3.8, 4) is 5.75 Å². The van der Waals surface area contributed by atoms with Crippen LogP contribution >= 0.6 is 11.8 Å². The van der Waals surface area contributed by atoms with E-state index in [9.17, 15) is 14.7 Å². The van der Waals surface area contributed by atoms with Crippen LogP contribution in [0.2, 0.25) is 0 Å². The number of rotatable bonds is 9. The number of hydrogen-bond acceptors (Lipinski definition) is 6. The fraction of sp³-hybridized carbons (Fsp3) is 0.290. The molecule has 4 aromatic rings. The van der Waals surface area contributed by atoms with Crippen molar-refractivity contribution in [2.75, 3.05) is 13.7 Å². The van der Waals surface area contributed by atoms with Crippen molar-refractivity contribution >= 4 is 11.8 Å². The Kier molecular flexibility index (Phi) is 8.07. The number of aryl methyl sites for hydroxylation is 1. The summed E-state index contributed by atoms with van der Waals surface area (Å²) in [5.74, 6) is 0.746. The van der Waals surface area contributed by atoms with Gasteiger partial charge in [0.2, 0.25) is 0 Å². The molecule has 39 heavy (non-hydrogen) atoms. The van der Waals surface area contributed by atoms with Crippen LogP contribution in [0.3, 0.4) is 0 Å². The molecule has 3 atom stereocenters. The molecule has 0 unspecified atom stereocenters. The van der Waals surface area contributed by atoms with E-state index >= 15 is 0 Å². The van der Waals surface area contributed by atoms with E-state index in [-0.39, 0.29) is 22.8 Å². The molecule has 2 heterocycles. The number of nitrogens with zero attached hydrogens (tertiary/aromatic N) is 1. The molecule has 2 N–H and O–H groups in total. The highest BCUT2D eigenvalue weighted by atomic mass is 32.2. The molecule has 8 heteroatoms. The van der Waals surface area contributed by atoms with E-state index in [0.29, 0.717) is 18.4 Å². The number of benzene rings is 3. The molecule has 0 spiro atoms. The Balaban J connectivity index is 1.51. The fourth-order valence-electron chi connectivity index (χ4n) is 5.16. The minimum atomic E-state index is -0.947. The molecule has 1 saturated heterocycles. The largest absolute Gasteiger partial charge is 0.497 e. The molecule has 5 rings (SSSR count). The summed E-state index contributed by atoms with van der Waals surface area (Å²) in [6, 6.07) is 27.9. The lowest BCUT2D eigenvalue weighted by Gasteiger charge is -2.37. The van der Waals surface area contributed by atoms with Gasteiger partial charge in [-0.15, -0.1) is 11.8 Å². The van der Waals surface area contributed by atoms with E-state index in [4.69, 9.17) is 9.47 Å². The molecule has 7 nitrogen and oxygen atoms in total. The molecule has 0 bridgehead atoms. The summed E-state index contributed by atoms with van der Waals surface area (Å²) in [6.45, 7) is 2.11. The highest BCUT2D eigenvalue weighted by molar-refractivity contribution is 8.00. The van der Waals surface area contributed by atoms with E-state index in [1.807, 2.05) is 91.9 Å². The Bertz CT molecular complexity index is 1460. The summed E-state index contributed by atoms with van der Waals surface area (Å²) in [7, 11) is 1.64. The molecular formula is C31H32N2O5S. The smallest absolute Gasteiger partial charge is 0.329 e. The highest BCUT2D eigenvalue weighted by Crippen LogP contribution is 2.45. The monoisotopic (exact) mass is 544 g/mol. The van der Waals surface area contributed by atoms with Gasteiger partial charge in [-0.05, 0) is 35.2 Å². The number of thioether (sulfide) groups is 1. The van der Waals surface area contributed by atoms with Crippen LogP contribution < -0.4 is 16.0 Å². The van der Waals surface area contributed by atoms with Gasteiger partial charge >= 0.3 is 5.69 Å². The Hall–Kier alpha value is -3.59. The number of methoxy groups -OCH3 is 1. The van der Waals surface area contributed by atoms with Crippen LogP contribution in [0.1, 0.15) is 41.0 Å². The number of ether oxygens (including phenoxy) is 2. The molecule has 1 aliphatic heterocycles. The van der Waals surface area contributed by atoms with Crippen molar-refractivity contribution in [3.63, 3.8) is 0 Å². The molecule has 1 aromatic heterocycles. The molecule has 1 aliphatic rings. The van der Waals surface area contributed by atoms with E-state index in [1.54, 1.807) is 13.3 Å². The number of aliphatic hydroxyl groups excluding tert-OH is 1. The Morgan fingerprint density at radius 3 is 2.10 bits per heavy atom. The van der Waals surface area contributed by atoms with Crippen molar-refractivity contribution in [1.29, 1.82) is 0 Å². The second-order valence-corrected chi connectivity index (χ2v) is 11.0. The van der Waals surface area contributed by atoms with Crippen molar-refractivity contribution in [1.82, 2.24) is 9.55 Å². The third-order valence-corrected chi connectivity index (χ3v) is 8.79. The molecule has 0 radical (unpaired) electrons. The standard InChI is InChI=1S/C31H32N2O5S/c1-3-21-19-33(30(36)32-29(21)35)28-18-26(34)27(39-28)20-38-31(22-10-6-4-7-11-22,23-12-8-5-9-13-23)24-14-16-25(37-2)17-15-24/h4-17,19,26-28,34H,3,18,20H2,1-2H3,(H,32,35,36)/t26-,27+,28+/m0/s1. The van der Waals surface area contributed by atoms with Crippen LogP contribution in [-0.4, -0.2) is 39.7 Å². The van der Waals surface area contributed by atoms with Gasteiger partial charge in [0.15, 0.2) is 0 Å². The first-order valence-corrected chi connectivity index (χ1v) is 14.0. The quantitative estimate of drug-likeness (QED) is 0.302. The van der Waals surface area contributed by atoms with Gasteiger partial charge in [-0.25, -0.2) is 4.79 Å². The maximum Gasteiger partial charge on any atom is 0.329 e. The van der Waals surface area contributed by atoms with Crippen LogP contribution in [-0.2, 0) is 16.8 Å². The zero-order valence-corrected chi connectivity index (χ0v) is 22.8. The summed E-state index contributed by atoms with van der Waals surface area (Å²) < 4.78 is 13.9. The van der Waals surface area contributed by atoms with E-state index in [2.05, 4.69) is 4.98 Å². The van der Waals surface area contributed by atoms with E-state index < -0.39 is 17.4 Å². The predicted molar refractivity (Wildman–Crippen MR) is 153 cm³/mol. The van der Waals surface area contributed by atoms with Crippen LogP contribution in [0.4, 0.5) is 0 Å². The van der Waals surface area contributed by atoms with E-state index in [1.165, 1.54) is 16.3 Å². The third-order valence-electron chi connectivity index (χ3n) is 7.26. The average Bonchev–Trinajstić information content (AvgIpc) is 3.34. The Labute approximate surface area is 231 Å². The summed E-state index contributed by atoms with van der Waals surface area (Å²) >= 11 is 1.49. The van der Waals surface area contributed by atoms with Crippen LogP contribution in [0, 0.1) is 0 Å². The molecule has 3 aromatic carbocycles. The number of hydrogen-bond donors (Lipinski definition) is 2. The summed E-state index contributed by atoms with van der Waals surface area (Å²) in [5, 5.41) is 10.5. The van der Waals surface area contributed by atoms with Crippen molar-refractivity contribution in [2.24, 2.45) is 0 Å². The topological polar surface area (TPSA) is 93.6 Å². The van der Waals surface area contributed by atoms with Crippen molar-refractivity contribution in [2.45, 2.75) is 42.1 Å². The summed E-state index contributed by atoms with van der Waals surface area (Å²) in [4.78, 5) is 27.1. The van der Waals surface area contributed by atoms with Gasteiger partial charge in [0.1, 0.15) is 11.4 Å². The van der Waals surface area contributed by atoms with Gasteiger partial charge in [-0.1, -0.05) is 79.7 Å². The zero-order chi connectivity index (χ0) is 27.4. The molecular weight excluding hydrogens is 512 g/mol. The van der Waals surface area contributed by atoms with Gasteiger partial charge in [0.25, 0.3) is 5.56 Å². The highest BCUT2D eigenvalue weighted by Gasteiger charge is 2.41. The van der Waals surface area contributed by atoms with Crippen molar-refractivity contribution in [3.05, 3.63) is 134 Å². The SMILES string of the molecule is CCc1cn([C@H]2C[C@H](O)[C@@H](COC(c3ccccc3)(c3ccccc3)c3ccc(OC)cc3)S2)c(=O)[nH]c1=O. The molecule has 0 saturated carbocycles. The number of aromatic amines is 1. The molecule has 0 aliphatic carbocycles. The molecule has 0 amide bonds. The maximum absolute atomic E-state index is 12.6. The maximum atomic E-state index is 12.6. The lowest BCUT2D eigenvalue weighted by atomic mass is 9.80.